The van der Waals surface area contributed by atoms with Gasteiger partial charge in [-0.05, 0) is 30.3 Å². The highest BCUT2D eigenvalue weighted by Crippen LogP contribution is 2.40. The van der Waals surface area contributed by atoms with E-state index in [0.717, 1.165) is 15.1 Å². The minimum atomic E-state index is -1.34. The van der Waals surface area contributed by atoms with Crippen molar-refractivity contribution in [3.8, 4) is 6.07 Å². The number of nitriles is 1. The van der Waals surface area contributed by atoms with Gasteiger partial charge in [0.05, 0.1) is 15.1 Å². The van der Waals surface area contributed by atoms with Gasteiger partial charge in [-0.25, -0.2) is 9.78 Å². The maximum Gasteiger partial charge on any atom is 0.342 e. The van der Waals surface area contributed by atoms with Crippen LogP contribution >= 0.6 is 32.9 Å². The van der Waals surface area contributed by atoms with E-state index in [-0.39, 0.29) is 5.56 Å². The zero-order chi connectivity index (χ0) is 18.0. The number of benzene rings is 2. The number of thiazole rings is 1. The number of nitrogens with zero attached hydrogens (tertiary/aromatic N) is 3. The molecule has 0 aliphatic rings. The van der Waals surface area contributed by atoms with Crippen LogP contribution in [0.15, 0.2) is 46.2 Å². The molecule has 10 heteroatoms. The normalized spacial score (nSPS) is 10.5. The van der Waals surface area contributed by atoms with Crippen molar-refractivity contribution >= 4 is 54.8 Å². The van der Waals surface area contributed by atoms with Crippen molar-refractivity contribution in [1.82, 2.24) is 4.98 Å². The van der Waals surface area contributed by atoms with Gasteiger partial charge in [0.25, 0.3) is 5.69 Å². The predicted octanol–water partition coefficient (Wildman–Crippen LogP) is 4.57. The number of aromatic carboxylic acids is 1. The van der Waals surface area contributed by atoms with E-state index in [0.29, 0.717) is 9.90 Å². The van der Waals surface area contributed by atoms with Crippen LogP contribution in [0, 0.1) is 21.4 Å². The van der Waals surface area contributed by atoms with E-state index >= 15 is 0 Å². The highest BCUT2D eigenvalue weighted by atomic mass is 33.1. The van der Waals surface area contributed by atoms with Gasteiger partial charge in [-0.1, -0.05) is 21.6 Å². The van der Waals surface area contributed by atoms with Crippen LogP contribution in [0.1, 0.15) is 15.4 Å². The summed E-state index contributed by atoms with van der Waals surface area (Å²) < 4.78 is 0.886. The standard InChI is InChI=1S/C15H7N3O4S3/c16-7-14-17-11-3-1-9(6-13(11)23-14)25-24-8-2-4-12(18(21)22)10(5-8)15(19)20/h1-6H,(H,19,20). The van der Waals surface area contributed by atoms with Gasteiger partial charge in [-0.15, -0.1) is 11.3 Å². The van der Waals surface area contributed by atoms with Crippen LogP contribution < -0.4 is 0 Å². The fourth-order valence-electron chi connectivity index (χ4n) is 2.00. The fourth-order valence-corrected chi connectivity index (χ4v) is 4.85. The van der Waals surface area contributed by atoms with E-state index in [1.54, 1.807) is 0 Å². The second-order valence-electron chi connectivity index (χ2n) is 4.67. The zero-order valence-corrected chi connectivity index (χ0v) is 14.7. The van der Waals surface area contributed by atoms with Crippen molar-refractivity contribution < 1.29 is 14.8 Å². The molecule has 3 rings (SSSR count). The molecule has 25 heavy (non-hydrogen) atoms. The lowest BCUT2D eigenvalue weighted by Gasteiger charge is -2.03. The quantitative estimate of drug-likeness (QED) is 0.383. The van der Waals surface area contributed by atoms with Gasteiger partial charge in [0.2, 0.25) is 0 Å². The molecule has 0 fully saturated rings. The van der Waals surface area contributed by atoms with Gasteiger partial charge in [-0.3, -0.25) is 10.1 Å². The van der Waals surface area contributed by atoms with Crippen molar-refractivity contribution in [1.29, 1.82) is 5.26 Å². The molecule has 0 radical (unpaired) electrons. The van der Waals surface area contributed by atoms with Crippen molar-refractivity contribution in [2.24, 2.45) is 0 Å². The average molecular weight is 389 g/mol. The molecule has 0 amide bonds. The Morgan fingerprint density at radius 3 is 2.56 bits per heavy atom. The van der Waals surface area contributed by atoms with Gasteiger partial charge in [0.15, 0.2) is 5.01 Å². The summed E-state index contributed by atoms with van der Waals surface area (Å²) in [6.45, 7) is 0. The molecule has 2 aromatic carbocycles. The first-order valence-corrected chi connectivity index (χ1v) is 9.61. The van der Waals surface area contributed by atoms with Crippen molar-refractivity contribution in [2.75, 3.05) is 0 Å². The molecule has 1 aromatic heterocycles. The highest BCUT2D eigenvalue weighted by molar-refractivity contribution is 8.76. The molecule has 0 saturated carbocycles. The lowest BCUT2D eigenvalue weighted by molar-refractivity contribution is -0.385. The van der Waals surface area contributed by atoms with Crippen LogP contribution in [0.5, 0.6) is 0 Å². The lowest BCUT2D eigenvalue weighted by atomic mass is 10.2. The summed E-state index contributed by atoms with van der Waals surface area (Å²) in [6, 6.07) is 11.6. The van der Waals surface area contributed by atoms with Crippen LogP contribution in [0.2, 0.25) is 0 Å². The summed E-state index contributed by atoms with van der Waals surface area (Å²) in [4.78, 5) is 27.0. The minimum absolute atomic E-state index is 0.341. The fraction of sp³-hybridized carbons (Fsp3) is 0. The van der Waals surface area contributed by atoms with Crippen molar-refractivity contribution in [3.05, 3.63) is 57.1 Å². The summed E-state index contributed by atoms with van der Waals surface area (Å²) in [7, 11) is 2.69. The van der Waals surface area contributed by atoms with Gasteiger partial charge < -0.3 is 5.11 Å². The smallest absolute Gasteiger partial charge is 0.342 e. The molecule has 1 N–H and O–H groups in total. The van der Waals surface area contributed by atoms with Gasteiger partial charge >= 0.3 is 5.97 Å². The third-order valence-electron chi connectivity index (χ3n) is 3.08. The Balaban J connectivity index is 1.81. The van der Waals surface area contributed by atoms with Crippen LogP contribution in [-0.2, 0) is 0 Å². The largest absolute Gasteiger partial charge is 0.477 e. The molecule has 0 aliphatic carbocycles. The average Bonchev–Trinajstić information content (AvgIpc) is 3.01. The molecule has 0 unspecified atom stereocenters. The number of carbonyl (C=O) groups is 1. The highest BCUT2D eigenvalue weighted by Gasteiger charge is 2.20. The first-order chi connectivity index (χ1) is 12.0. The lowest BCUT2D eigenvalue weighted by Crippen LogP contribution is -2.02. The monoisotopic (exact) mass is 389 g/mol. The molecule has 0 saturated heterocycles. The molecule has 0 spiro atoms. The number of aromatic nitrogens is 1. The van der Waals surface area contributed by atoms with E-state index in [4.69, 9.17) is 10.4 Å². The number of fused-ring (bicyclic) bond motifs is 1. The van der Waals surface area contributed by atoms with Crippen LogP contribution in [0.3, 0.4) is 0 Å². The van der Waals surface area contributed by atoms with Gasteiger partial charge in [0, 0.05) is 15.9 Å². The van der Waals surface area contributed by atoms with Crippen LogP contribution in [0.25, 0.3) is 10.2 Å². The Morgan fingerprint density at radius 1 is 1.24 bits per heavy atom. The zero-order valence-electron chi connectivity index (χ0n) is 12.2. The molecule has 0 atom stereocenters. The molecule has 7 nitrogen and oxygen atoms in total. The van der Waals surface area contributed by atoms with Crippen molar-refractivity contribution in [2.45, 2.75) is 9.79 Å². The predicted molar refractivity (Wildman–Crippen MR) is 96.1 cm³/mol. The van der Waals surface area contributed by atoms with E-state index in [9.17, 15) is 14.9 Å². The Kier molecular flexibility index (Phi) is 4.89. The third-order valence-corrected chi connectivity index (χ3v) is 6.39. The molecule has 0 bridgehead atoms. The van der Waals surface area contributed by atoms with E-state index in [1.807, 2.05) is 24.3 Å². The van der Waals surface area contributed by atoms with E-state index in [1.165, 1.54) is 51.1 Å². The van der Waals surface area contributed by atoms with Crippen LogP contribution in [-0.4, -0.2) is 21.0 Å². The Labute approximate surface area is 152 Å². The second-order valence-corrected chi connectivity index (χ2v) is 7.98. The van der Waals surface area contributed by atoms with Crippen LogP contribution in [0.4, 0.5) is 5.69 Å². The minimum Gasteiger partial charge on any atom is -0.477 e. The molecule has 1 heterocycles. The number of carboxylic acid groups (broad SMARTS) is 1. The molecular weight excluding hydrogens is 382 g/mol. The Hall–Kier alpha value is -2.61. The number of hydrogen-bond donors (Lipinski definition) is 1. The summed E-state index contributed by atoms with van der Waals surface area (Å²) in [6.07, 6.45) is 0. The summed E-state index contributed by atoms with van der Waals surface area (Å²) >= 11 is 1.30. The third kappa shape index (κ3) is 3.74. The number of nitro groups is 1. The molecular formula is C15H7N3O4S3. The number of hydrogen-bond acceptors (Lipinski definition) is 8. The maximum absolute atomic E-state index is 11.2. The first kappa shape index (κ1) is 17.2. The number of rotatable bonds is 5. The van der Waals surface area contributed by atoms with E-state index < -0.39 is 16.6 Å². The molecule has 3 aromatic rings. The number of carboxylic acids is 1. The Morgan fingerprint density at radius 2 is 1.92 bits per heavy atom. The number of nitro benzene ring substituents is 1. The SMILES string of the molecule is N#Cc1nc2ccc(SSc3ccc([N+](=O)[O-])c(C(=O)O)c3)cc2s1. The first-order valence-electron chi connectivity index (χ1n) is 6.65. The second kappa shape index (κ2) is 7.10. The topological polar surface area (TPSA) is 117 Å². The Bertz CT molecular complexity index is 1040. The maximum atomic E-state index is 11.2. The summed E-state index contributed by atoms with van der Waals surface area (Å²) in [5, 5.41) is 29.3. The summed E-state index contributed by atoms with van der Waals surface area (Å²) in [5.41, 5.74) is -0.0245. The van der Waals surface area contributed by atoms with Gasteiger partial charge in [0.1, 0.15) is 11.6 Å². The summed E-state index contributed by atoms with van der Waals surface area (Å²) in [5.74, 6) is -1.34. The molecule has 124 valence electrons. The molecule has 0 aliphatic heterocycles. The van der Waals surface area contributed by atoms with Crippen molar-refractivity contribution in [3.63, 3.8) is 0 Å². The van der Waals surface area contributed by atoms with Gasteiger partial charge in [-0.2, -0.15) is 5.26 Å². The van der Waals surface area contributed by atoms with E-state index in [2.05, 4.69) is 4.98 Å².